The first-order valence-electron chi connectivity index (χ1n) is 11.1. The van der Waals surface area contributed by atoms with Gasteiger partial charge in [0.2, 0.25) is 5.43 Å². The van der Waals surface area contributed by atoms with E-state index < -0.39 is 0 Å². The molecule has 0 unspecified atom stereocenters. The summed E-state index contributed by atoms with van der Waals surface area (Å²) < 4.78 is 10.9. The van der Waals surface area contributed by atoms with Crippen LogP contribution in [0.3, 0.4) is 0 Å². The SMILES string of the molecule is CCCCCCCC(=O)Oc1ccc(N=Nc2ccc(OCCCC)cc2)ccc1=O. The van der Waals surface area contributed by atoms with Gasteiger partial charge in [-0.3, -0.25) is 9.59 Å². The minimum absolute atomic E-state index is 0.00795. The van der Waals surface area contributed by atoms with Crippen LogP contribution in [-0.4, -0.2) is 12.6 Å². The van der Waals surface area contributed by atoms with Crippen molar-refractivity contribution >= 4 is 17.3 Å². The maximum absolute atomic E-state index is 12.2. The average Bonchev–Trinajstić information content (AvgIpc) is 2.95. The highest BCUT2D eigenvalue weighted by Crippen LogP contribution is 2.21. The van der Waals surface area contributed by atoms with E-state index in [2.05, 4.69) is 24.1 Å². The summed E-state index contributed by atoms with van der Waals surface area (Å²) in [6, 6.07) is 13.3. The molecule has 2 aromatic rings. The molecular weight excluding hydrogens is 392 g/mol. The summed E-state index contributed by atoms with van der Waals surface area (Å²) >= 11 is 0. The van der Waals surface area contributed by atoms with Crippen LogP contribution in [0.25, 0.3) is 0 Å². The van der Waals surface area contributed by atoms with E-state index in [-0.39, 0.29) is 17.1 Å². The Balaban J connectivity index is 1.92. The van der Waals surface area contributed by atoms with Crippen LogP contribution >= 0.6 is 0 Å². The van der Waals surface area contributed by atoms with Crippen LogP contribution in [0.15, 0.2) is 63.6 Å². The number of carbonyl (C=O) groups excluding carboxylic acids is 1. The number of hydrogen-bond donors (Lipinski definition) is 0. The van der Waals surface area contributed by atoms with E-state index >= 15 is 0 Å². The summed E-state index contributed by atoms with van der Waals surface area (Å²) in [5, 5.41) is 8.35. The van der Waals surface area contributed by atoms with Gasteiger partial charge in [0.15, 0.2) is 5.75 Å². The summed E-state index contributed by atoms with van der Waals surface area (Å²) in [4.78, 5) is 24.2. The van der Waals surface area contributed by atoms with Crippen LogP contribution in [0, 0.1) is 0 Å². The lowest BCUT2D eigenvalue weighted by Gasteiger charge is -2.04. The van der Waals surface area contributed by atoms with Gasteiger partial charge in [0.1, 0.15) is 5.75 Å². The number of esters is 1. The smallest absolute Gasteiger partial charge is 0.311 e. The second-order valence-corrected chi connectivity index (χ2v) is 7.35. The average molecular weight is 425 g/mol. The molecule has 0 amide bonds. The van der Waals surface area contributed by atoms with Crippen LogP contribution in [0.2, 0.25) is 0 Å². The summed E-state index contributed by atoms with van der Waals surface area (Å²) in [5.41, 5.74) is 0.794. The molecule has 0 aliphatic carbocycles. The van der Waals surface area contributed by atoms with Gasteiger partial charge in [0.05, 0.1) is 18.0 Å². The fraction of sp³-hybridized carbons (Fsp3) is 0.440. The Labute approximate surface area is 184 Å². The minimum Gasteiger partial charge on any atom is -0.494 e. The van der Waals surface area contributed by atoms with Crippen LogP contribution < -0.4 is 14.9 Å². The summed E-state index contributed by atoms with van der Waals surface area (Å²) in [5.74, 6) is 0.420. The van der Waals surface area contributed by atoms with E-state index in [0.717, 1.165) is 44.3 Å². The fourth-order valence-corrected chi connectivity index (χ4v) is 2.80. The highest BCUT2D eigenvalue weighted by Gasteiger charge is 2.07. The molecule has 0 spiro atoms. The van der Waals surface area contributed by atoms with Crippen LogP contribution in [0.4, 0.5) is 11.4 Å². The third-order valence-electron chi connectivity index (χ3n) is 4.65. The molecule has 0 N–H and O–H groups in total. The quantitative estimate of drug-likeness (QED) is 0.199. The molecule has 6 heteroatoms. The van der Waals surface area contributed by atoms with Gasteiger partial charge < -0.3 is 9.47 Å². The van der Waals surface area contributed by atoms with Crippen molar-refractivity contribution in [2.24, 2.45) is 10.2 Å². The standard InChI is InChI=1S/C25H32N2O4/c1-3-5-7-8-9-10-25(29)31-24-18-14-21(13-17-23(24)28)27-26-20-11-15-22(16-12-20)30-19-6-4-2/h11-18H,3-10,19H2,1-2H3. The number of hydrogen-bond acceptors (Lipinski definition) is 6. The number of benzene rings is 1. The molecule has 0 saturated heterocycles. The second-order valence-electron chi connectivity index (χ2n) is 7.35. The number of ether oxygens (including phenoxy) is 2. The van der Waals surface area contributed by atoms with Gasteiger partial charge in [-0.1, -0.05) is 46.0 Å². The van der Waals surface area contributed by atoms with Crippen molar-refractivity contribution in [1.82, 2.24) is 0 Å². The molecule has 0 heterocycles. The first kappa shape index (κ1) is 24.3. The molecule has 0 atom stereocenters. The monoisotopic (exact) mass is 424 g/mol. The molecule has 0 aliphatic heterocycles. The zero-order chi connectivity index (χ0) is 22.3. The molecule has 2 rings (SSSR count). The number of azo groups is 1. The van der Waals surface area contributed by atoms with Gasteiger partial charge in [-0.2, -0.15) is 10.2 Å². The van der Waals surface area contributed by atoms with Crippen molar-refractivity contribution in [3.63, 3.8) is 0 Å². The molecule has 0 saturated carbocycles. The van der Waals surface area contributed by atoms with Crippen LogP contribution in [0.5, 0.6) is 11.5 Å². The third-order valence-corrected chi connectivity index (χ3v) is 4.65. The Morgan fingerprint density at radius 1 is 0.774 bits per heavy atom. The Bertz CT molecular complexity index is 895. The molecule has 0 bridgehead atoms. The van der Waals surface area contributed by atoms with E-state index in [1.807, 2.05) is 24.3 Å². The molecule has 0 aliphatic rings. The van der Waals surface area contributed by atoms with E-state index in [1.165, 1.54) is 18.6 Å². The van der Waals surface area contributed by atoms with Crippen molar-refractivity contribution in [3.8, 4) is 11.5 Å². The Kier molecular flexibility index (Phi) is 11.0. The van der Waals surface area contributed by atoms with Gasteiger partial charge in [-0.05, 0) is 61.4 Å². The predicted octanol–water partition coefficient (Wildman–Crippen LogP) is 6.91. The maximum Gasteiger partial charge on any atom is 0.311 e. The molecular formula is C25H32N2O4. The number of nitrogens with zero attached hydrogens (tertiary/aromatic N) is 2. The third kappa shape index (κ3) is 9.55. The summed E-state index contributed by atoms with van der Waals surface area (Å²) in [6.45, 7) is 4.96. The Hall–Kier alpha value is -3.02. The lowest BCUT2D eigenvalue weighted by Crippen LogP contribution is -2.12. The first-order chi connectivity index (χ1) is 15.1. The number of carbonyl (C=O) groups is 1. The normalized spacial score (nSPS) is 10.9. The second kappa shape index (κ2) is 14.1. The van der Waals surface area contributed by atoms with Gasteiger partial charge in [0.25, 0.3) is 0 Å². The fourth-order valence-electron chi connectivity index (χ4n) is 2.80. The predicted molar refractivity (Wildman–Crippen MR) is 123 cm³/mol. The Morgan fingerprint density at radius 3 is 2.06 bits per heavy atom. The Morgan fingerprint density at radius 2 is 1.39 bits per heavy atom. The lowest BCUT2D eigenvalue weighted by atomic mass is 10.1. The van der Waals surface area contributed by atoms with Crippen molar-refractivity contribution in [1.29, 1.82) is 0 Å². The van der Waals surface area contributed by atoms with Gasteiger partial charge in [0, 0.05) is 6.42 Å². The molecule has 0 fully saturated rings. The van der Waals surface area contributed by atoms with Crippen molar-refractivity contribution < 1.29 is 14.3 Å². The van der Waals surface area contributed by atoms with Crippen molar-refractivity contribution in [3.05, 3.63) is 58.8 Å². The van der Waals surface area contributed by atoms with E-state index in [9.17, 15) is 9.59 Å². The highest BCUT2D eigenvalue weighted by molar-refractivity contribution is 5.72. The van der Waals surface area contributed by atoms with Crippen molar-refractivity contribution in [2.45, 2.75) is 65.2 Å². The van der Waals surface area contributed by atoms with E-state index in [0.29, 0.717) is 24.4 Å². The first-order valence-corrected chi connectivity index (χ1v) is 11.1. The van der Waals surface area contributed by atoms with Gasteiger partial charge >= 0.3 is 5.97 Å². The molecule has 166 valence electrons. The summed E-state index contributed by atoms with van der Waals surface area (Å²) in [6.07, 6.45) is 7.62. The zero-order valence-corrected chi connectivity index (χ0v) is 18.5. The van der Waals surface area contributed by atoms with Gasteiger partial charge in [-0.25, -0.2) is 0 Å². The van der Waals surface area contributed by atoms with Crippen molar-refractivity contribution in [2.75, 3.05) is 6.61 Å². The molecule has 0 radical (unpaired) electrons. The topological polar surface area (TPSA) is 77.3 Å². The molecule has 2 aromatic carbocycles. The number of unbranched alkanes of at least 4 members (excludes halogenated alkanes) is 5. The molecule has 0 aromatic heterocycles. The van der Waals surface area contributed by atoms with E-state index in [1.54, 1.807) is 12.1 Å². The van der Waals surface area contributed by atoms with Crippen LogP contribution in [-0.2, 0) is 4.79 Å². The minimum atomic E-state index is -0.385. The van der Waals surface area contributed by atoms with E-state index in [4.69, 9.17) is 9.47 Å². The van der Waals surface area contributed by atoms with Gasteiger partial charge in [-0.15, -0.1) is 0 Å². The lowest BCUT2D eigenvalue weighted by molar-refractivity contribution is -0.134. The largest absolute Gasteiger partial charge is 0.494 e. The number of rotatable bonds is 13. The van der Waals surface area contributed by atoms with Crippen LogP contribution in [0.1, 0.15) is 65.2 Å². The maximum atomic E-state index is 12.2. The molecule has 31 heavy (non-hydrogen) atoms. The summed E-state index contributed by atoms with van der Waals surface area (Å²) in [7, 11) is 0. The zero-order valence-electron chi connectivity index (χ0n) is 18.5. The molecule has 6 nitrogen and oxygen atoms in total. The highest BCUT2D eigenvalue weighted by atomic mass is 16.5.